The summed E-state index contributed by atoms with van der Waals surface area (Å²) in [7, 11) is 3.13. The van der Waals surface area contributed by atoms with Crippen LogP contribution in [0.25, 0.3) is 0 Å². The molecule has 0 aromatic rings. The second-order valence-electron chi connectivity index (χ2n) is 7.59. The maximum absolute atomic E-state index is 12.1. The van der Waals surface area contributed by atoms with Gasteiger partial charge in [0.1, 0.15) is 6.61 Å². The maximum Gasteiger partial charge on any atom is 0.181 e. The summed E-state index contributed by atoms with van der Waals surface area (Å²) >= 11 is 0. The molecular formula is C21H34O6. The Bertz CT molecular complexity index is 559. The smallest absolute Gasteiger partial charge is 0.181 e. The lowest BCUT2D eigenvalue weighted by Gasteiger charge is -2.26. The molecule has 154 valence electrons. The van der Waals surface area contributed by atoms with Gasteiger partial charge in [0.15, 0.2) is 23.1 Å². The molecule has 1 atom stereocenters. The van der Waals surface area contributed by atoms with Crippen molar-refractivity contribution in [2.75, 3.05) is 20.8 Å². The van der Waals surface area contributed by atoms with Crippen LogP contribution in [0.3, 0.4) is 0 Å². The van der Waals surface area contributed by atoms with Gasteiger partial charge in [0, 0.05) is 20.6 Å². The van der Waals surface area contributed by atoms with E-state index in [2.05, 4.69) is 0 Å². The predicted molar refractivity (Wildman–Crippen MR) is 103 cm³/mol. The number of methoxy groups -OCH3 is 2. The Hall–Kier alpha value is -1.34. The molecule has 0 heterocycles. The van der Waals surface area contributed by atoms with E-state index in [0.29, 0.717) is 6.42 Å². The van der Waals surface area contributed by atoms with E-state index in [1.807, 2.05) is 26.0 Å². The van der Waals surface area contributed by atoms with Crippen LogP contribution in [0.2, 0.25) is 0 Å². The molecule has 0 radical (unpaired) electrons. The molecule has 0 aliphatic heterocycles. The normalized spacial score (nSPS) is 18.4. The van der Waals surface area contributed by atoms with E-state index in [1.54, 1.807) is 27.0 Å². The SMILES string of the molecule is COC(C)(C)OCC(=O)/C=C/CCCCC1=CC(OC(C)(C)OC)CC1=O. The van der Waals surface area contributed by atoms with Crippen LogP contribution in [0.4, 0.5) is 0 Å². The minimum atomic E-state index is -0.759. The zero-order chi connectivity index (χ0) is 20.5. The third kappa shape index (κ3) is 9.42. The van der Waals surface area contributed by atoms with Crippen LogP contribution in [0, 0.1) is 0 Å². The Kier molecular flexibility index (Phi) is 9.53. The van der Waals surface area contributed by atoms with Gasteiger partial charge >= 0.3 is 0 Å². The molecule has 6 nitrogen and oxygen atoms in total. The van der Waals surface area contributed by atoms with Gasteiger partial charge in [0.2, 0.25) is 0 Å². The molecule has 0 fully saturated rings. The first-order valence-corrected chi connectivity index (χ1v) is 9.44. The van der Waals surface area contributed by atoms with Gasteiger partial charge in [0.05, 0.1) is 6.10 Å². The second kappa shape index (κ2) is 10.9. The number of hydrogen-bond acceptors (Lipinski definition) is 6. The number of ether oxygens (including phenoxy) is 4. The minimum Gasteiger partial charge on any atom is -0.354 e. The lowest BCUT2D eigenvalue weighted by Crippen LogP contribution is -2.31. The highest BCUT2D eigenvalue weighted by Crippen LogP contribution is 2.26. The van der Waals surface area contributed by atoms with Crippen LogP contribution in [0.5, 0.6) is 0 Å². The first-order chi connectivity index (χ1) is 12.6. The quantitative estimate of drug-likeness (QED) is 0.275. The van der Waals surface area contributed by atoms with Crippen molar-refractivity contribution in [2.24, 2.45) is 0 Å². The fourth-order valence-corrected chi connectivity index (χ4v) is 2.55. The van der Waals surface area contributed by atoms with E-state index in [0.717, 1.165) is 31.3 Å². The van der Waals surface area contributed by atoms with Crippen molar-refractivity contribution in [3.8, 4) is 0 Å². The number of carbonyl (C=O) groups excluding carboxylic acids is 2. The van der Waals surface area contributed by atoms with E-state index in [-0.39, 0.29) is 24.3 Å². The molecule has 0 N–H and O–H groups in total. The molecule has 27 heavy (non-hydrogen) atoms. The van der Waals surface area contributed by atoms with Crippen molar-refractivity contribution in [2.45, 2.75) is 77.5 Å². The zero-order valence-corrected chi connectivity index (χ0v) is 17.5. The van der Waals surface area contributed by atoms with Gasteiger partial charge in [-0.3, -0.25) is 9.59 Å². The summed E-state index contributed by atoms with van der Waals surface area (Å²) in [4.78, 5) is 23.8. The van der Waals surface area contributed by atoms with E-state index in [9.17, 15) is 9.59 Å². The summed E-state index contributed by atoms with van der Waals surface area (Å²) in [6, 6.07) is 0. The Morgan fingerprint density at radius 1 is 1.15 bits per heavy atom. The predicted octanol–water partition coefficient (Wildman–Crippen LogP) is 3.74. The lowest BCUT2D eigenvalue weighted by molar-refractivity contribution is -0.212. The van der Waals surface area contributed by atoms with Crippen molar-refractivity contribution in [1.82, 2.24) is 0 Å². The average Bonchev–Trinajstić information content (AvgIpc) is 2.94. The number of carbonyl (C=O) groups is 2. The van der Waals surface area contributed by atoms with Gasteiger partial charge in [-0.15, -0.1) is 0 Å². The number of ketones is 2. The summed E-state index contributed by atoms with van der Waals surface area (Å²) in [5.41, 5.74) is 0.835. The number of unbranched alkanes of at least 4 members (excludes halogenated alkanes) is 2. The van der Waals surface area contributed by atoms with Gasteiger partial charge in [0.25, 0.3) is 0 Å². The van der Waals surface area contributed by atoms with Crippen molar-refractivity contribution in [1.29, 1.82) is 0 Å². The Morgan fingerprint density at radius 3 is 2.44 bits per heavy atom. The molecule has 0 saturated carbocycles. The van der Waals surface area contributed by atoms with Crippen LogP contribution >= 0.6 is 0 Å². The molecule has 0 aromatic carbocycles. The average molecular weight is 382 g/mol. The minimum absolute atomic E-state index is 0.00204. The monoisotopic (exact) mass is 382 g/mol. The molecular weight excluding hydrogens is 348 g/mol. The van der Waals surface area contributed by atoms with Gasteiger partial charge in [-0.2, -0.15) is 0 Å². The molecule has 0 amide bonds. The molecule has 1 aliphatic rings. The van der Waals surface area contributed by atoms with Gasteiger partial charge in [-0.05, 0) is 71.1 Å². The largest absolute Gasteiger partial charge is 0.354 e. The topological polar surface area (TPSA) is 71.1 Å². The maximum atomic E-state index is 12.1. The van der Waals surface area contributed by atoms with Gasteiger partial charge in [-0.1, -0.05) is 6.08 Å². The summed E-state index contributed by atoms with van der Waals surface area (Å²) in [5.74, 6) is -1.40. The fraction of sp³-hybridized carbons (Fsp3) is 0.714. The van der Waals surface area contributed by atoms with Crippen LogP contribution in [0.15, 0.2) is 23.8 Å². The third-order valence-electron chi connectivity index (χ3n) is 4.48. The van der Waals surface area contributed by atoms with E-state index < -0.39 is 11.6 Å². The van der Waals surface area contributed by atoms with Crippen molar-refractivity contribution in [3.63, 3.8) is 0 Å². The number of Topliss-reactive ketones (excluding diaryl/α,β-unsaturated/α-hetero) is 1. The summed E-state index contributed by atoms with van der Waals surface area (Å²) < 4.78 is 21.5. The molecule has 6 heteroatoms. The second-order valence-corrected chi connectivity index (χ2v) is 7.59. The van der Waals surface area contributed by atoms with Gasteiger partial charge < -0.3 is 18.9 Å². The van der Waals surface area contributed by atoms with E-state index >= 15 is 0 Å². The molecule has 1 aliphatic carbocycles. The molecule has 1 rings (SSSR count). The summed E-state index contributed by atoms with van der Waals surface area (Å²) in [5, 5.41) is 0. The highest BCUT2D eigenvalue weighted by Gasteiger charge is 2.29. The zero-order valence-electron chi connectivity index (χ0n) is 17.5. The number of allylic oxidation sites excluding steroid dienone is 2. The summed E-state index contributed by atoms with van der Waals surface area (Å²) in [6.07, 6.45) is 8.81. The fourth-order valence-electron chi connectivity index (χ4n) is 2.55. The molecule has 0 bridgehead atoms. The van der Waals surface area contributed by atoms with Crippen LogP contribution in [-0.4, -0.2) is 50.1 Å². The Morgan fingerprint density at radius 2 is 1.81 bits per heavy atom. The van der Waals surface area contributed by atoms with Crippen LogP contribution in [-0.2, 0) is 28.5 Å². The standard InChI is InChI=1S/C21H34O6/c1-20(2,24-5)26-15-17(22)12-10-8-7-9-11-16-13-18(14-19(16)23)27-21(3,4)25-6/h10,12-13,18H,7-9,11,14-15H2,1-6H3/b12-10+. The highest BCUT2D eigenvalue weighted by molar-refractivity contribution is 5.98. The summed E-state index contributed by atoms with van der Waals surface area (Å²) in [6.45, 7) is 7.18. The molecule has 0 aromatic heterocycles. The first-order valence-electron chi connectivity index (χ1n) is 9.44. The van der Waals surface area contributed by atoms with Crippen LogP contribution < -0.4 is 0 Å². The van der Waals surface area contributed by atoms with Crippen LogP contribution in [0.1, 0.15) is 59.8 Å². The number of hydrogen-bond donors (Lipinski definition) is 0. The van der Waals surface area contributed by atoms with E-state index in [1.165, 1.54) is 7.11 Å². The highest BCUT2D eigenvalue weighted by atomic mass is 16.7. The molecule has 0 saturated heterocycles. The Balaban J connectivity index is 2.26. The molecule has 0 spiro atoms. The van der Waals surface area contributed by atoms with Crippen molar-refractivity contribution in [3.05, 3.63) is 23.8 Å². The van der Waals surface area contributed by atoms with E-state index in [4.69, 9.17) is 18.9 Å². The third-order valence-corrected chi connectivity index (χ3v) is 4.48. The lowest BCUT2D eigenvalue weighted by atomic mass is 10.1. The van der Waals surface area contributed by atoms with Crippen molar-refractivity contribution >= 4 is 11.6 Å². The number of rotatable bonds is 13. The van der Waals surface area contributed by atoms with Crippen molar-refractivity contribution < 1.29 is 28.5 Å². The first kappa shape index (κ1) is 23.7. The Labute approximate surface area is 162 Å². The van der Waals surface area contributed by atoms with Gasteiger partial charge in [-0.25, -0.2) is 0 Å². The molecule has 1 unspecified atom stereocenters.